The zero-order chi connectivity index (χ0) is 38.2. The van der Waals surface area contributed by atoms with Crippen LogP contribution in [0.3, 0.4) is 0 Å². The third kappa shape index (κ3) is 38.1. The Morgan fingerprint density at radius 3 is 1.00 bits per heavy atom. The van der Waals surface area contributed by atoms with Gasteiger partial charge in [-0.2, -0.15) is 0 Å². The van der Waals surface area contributed by atoms with Gasteiger partial charge in [0.15, 0.2) is 6.10 Å². The first-order valence-corrected chi connectivity index (χ1v) is 22.9. The molecular formula is C46H88O6. The van der Waals surface area contributed by atoms with Crippen LogP contribution in [0.15, 0.2) is 0 Å². The molecule has 0 aliphatic rings. The van der Waals surface area contributed by atoms with Gasteiger partial charge in [-0.3, -0.25) is 14.4 Å². The van der Waals surface area contributed by atoms with Crippen LogP contribution in [0.4, 0.5) is 0 Å². The standard InChI is InChI=1S/C46H88O6/c1-5-8-10-12-13-14-19-23-26-30-33-37-44(47)50-40-43(52-46(49)39-35-28-11-9-6-2)41-51-45(48)38-34-31-27-24-21-18-16-15-17-20-22-25-29-32-36-42(4)7-3/h42-43H,5-41H2,1-4H3/t42?,43-/m1/s1. The van der Waals surface area contributed by atoms with Crippen molar-refractivity contribution in [2.24, 2.45) is 5.92 Å². The van der Waals surface area contributed by atoms with Crippen LogP contribution in [0.25, 0.3) is 0 Å². The van der Waals surface area contributed by atoms with E-state index in [1.54, 1.807) is 0 Å². The van der Waals surface area contributed by atoms with Crippen LogP contribution in [-0.2, 0) is 28.6 Å². The molecule has 0 N–H and O–H groups in total. The predicted molar refractivity (Wildman–Crippen MR) is 220 cm³/mol. The average molecular weight is 737 g/mol. The molecule has 0 saturated heterocycles. The molecule has 0 aliphatic carbocycles. The fraction of sp³-hybridized carbons (Fsp3) is 0.935. The smallest absolute Gasteiger partial charge is 0.306 e. The van der Waals surface area contributed by atoms with E-state index in [2.05, 4.69) is 27.7 Å². The van der Waals surface area contributed by atoms with Crippen molar-refractivity contribution in [3.8, 4) is 0 Å². The van der Waals surface area contributed by atoms with Gasteiger partial charge in [-0.05, 0) is 25.2 Å². The summed E-state index contributed by atoms with van der Waals surface area (Å²) < 4.78 is 16.6. The maximum Gasteiger partial charge on any atom is 0.306 e. The summed E-state index contributed by atoms with van der Waals surface area (Å²) in [6.45, 7) is 8.95. The third-order valence-electron chi connectivity index (χ3n) is 10.7. The van der Waals surface area contributed by atoms with Crippen molar-refractivity contribution in [2.45, 2.75) is 259 Å². The van der Waals surface area contributed by atoms with Crippen molar-refractivity contribution in [2.75, 3.05) is 13.2 Å². The van der Waals surface area contributed by atoms with Crippen molar-refractivity contribution in [1.82, 2.24) is 0 Å². The average Bonchev–Trinajstić information content (AvgIpc) is 3.14. The van der Waals surface area contributed by atoms with Crippen molar-refractivity contribution in [3.63, 3.8) is 0 Å². The maximum atomic E-state index is 12.5. The molecule has 6 heteroatoms. The highest BCUT2D eigenvalue weighted by Crippen LogP contribution is 2.17. The van der Waals surface area contributed by atoms with Gasteiger partial charge in [0.05, 0.1) is 0 Å². The molecule has 2 atom stereocenters. The lowest BCUT2D eigenvalue weighted by Crippen LogP contribution is -2.30. The number of hydrogen-bond donors (Lipinski definition) is 0. The van der Waals surface area contributed by atoms with E-state index in [0.29, 0.717) is 19.3 Å². The molecule has 6 nitrogen and oxygen atoms in total. The Morgan fingerprint density at radius 1 is 0.385 bits per heavy atom. The molecule has 0 saturated carbocycles. The molecule has 0 amide bonds. The summed E-state index contributed by atoms with van der Waals surface area (Å²) in [5, 5.41) is 0. The third-order valence-corrected chi connectivity index (χ3v) is 10.7. The first kappa shape index (κ1) is 50.4. The molecule has 308 valence electrons. The maximum absolute atomic E-state index is 12.5. The Hall–Kier alpha value is -1.59. The Labute approximate surface area is 323 Å². The topological polar surface area (TPSA) is 78.9 Å². The van der Waals surface area contributed by atoms with Gasteiger partial charge in [-0.25, -0.2) is 0 Å². The summed E-state index contributed by atoms with van der Waals surface area (Å²) in [6, 6.07) is 0. The van der Waals surface area contributed by atoms with Gasteiger partial charge in [0.1, 0.15) is 13.2 Å². The zero-order valence-corrected chi connectivity index (χ0v) is 35.3. The molecule has 52 heavy (non-hydrogen) atoms. The zero-order valence-electron chi connectivity index (χ0n) is 35.3. The number of hydrogen-bond acceptors (Lipinski definition) is 6. The molecule has 0 rings (SSSR count). The number of carbonyl (C=O) groups is 3. The highest BCUT2D eigenvalue weighted by Gasteiger charge is 2.19. The van der Waals surface area contributed by atoms with Gasteiger partial charge < -0.3 is 14.2 Å². The number of ether oxygens (including phenoxy) is 3. The van der Waals surface area contributed by atoms with E-state index in [0.717, 1.165) is 70.1 Å². The summed E-state index contributed by atoms with van der Waals surface area (Å²) in [4.78, 5) is 37.4. The lowest BCUT2D eigenvalue weighted by Gasteiger charge is -2.18. The van der Waals surface area contributed by atoms with E-state index in [1.807, 2.05) is 0 Å². The van der Waals surface area contributed by atoms with Crippen LogP contribution in [-0.4, -0.2) is 37.2 Å². The summed E-state index contributed by atoms with van der Waals surface area (Å²) in [5.74, 6) is 0.0268. The number of carbonyl (C=O) groups excluding carboxylic acids is 3. The minimum atomic E-state index is -0.757. The lowest BCUT2D eigenvalue weighted by atomic mass is 9.99. The monoisotopic (exact) mass is 737 g/mol. The Morgan fingerprint density at radius 2 is 0.673 bits per heavy atom. The van der Waals surface area contributed by atoms with E-state index >= 15 is 0 Å². The Balaban J connectivity index is 4.09. The largest absolute Gasteiger partial charge is 0.462 e. The number of rotatable bonds is 41. The van der Waals surface area contributed by atoms with E-state index < -0.39 is 6.10 Å². The lowest BCUT2D eigenvalue weighted by molar-refractivity contribution is -0.167. The molecule has 0 aliphatic heterocycles. The molecule has 0 bridgehead atoms. The van der Waals surface area contributed by atoms with Crippen LogP contribution >= 0.6 is 0 Å². The van der Waals surface area contributed by atoms with Crippen LogP contribution in [0.5, 0.6) is 0 Å². The minimum Gasteiger partial charge on any atom is -0.462 e. The number of unbranched alkanes of at least 4 members (excludes halogenated alkanes) is 27. The second-order valence-corrected chi connectivity index (χ2v) is 15.9. The second kappa shape index (κ2) is 40.6. The van der Waals surface area contributed by atoms with Crippen molar-refractivity contribution < 1.29 is 28.6 Å². The highest BCUT2D eigenvalue weighted by molar-refractivity contribution is 5.71. The summed E-state index contributed by atoms with van der Waals surface area (Å²) in [5.41, 5.74) is 0. The van der Waals surface area contributed by atoms with Gasteiger partial charge in [0.2, 0.25) is 0 Å². The van der Waals surface area contributed by atoms with Gasteiger partial charge >= 0.3 is 17.9 Å². The predicted octanol–water partition coefficient (Wildman–Crippen LogP) is 14.3. The summed E-state index contributed by atoms with van der Waals surface area (Å²) >= 11 is 0. The van der Waals surface area contributed by atoms with Crippen LogP contribution < -0.4 is 0 Å². The minimum absolute atomic E-state index is 0.0651. The molecule has 0 radical (unpaired) electrons. The molecule has 0 aromatic heterocycles. The normalized spacial score (nSPS) is 12.5. The van der Waals surface area contributed by atoms with E-state index in [4.69, 9.17) is 14.2 Å². The van der Waals surface area contributed by atoms with Gasteiger partial charge in [-0.15, -0.1) is 0 Å². The van der Waals surface area contributed by atoms with E-state index in [1.165, 1.54) is 141 Å². The van der Waals surface area contributed by atoms with E-state index in [-0.39, 0.29) is 31.1 Å². The van der Waals surface area contributed by atoms with Gasteiger partial charge in [-0.1, -0.05) is 214 Å². The first-order chi connectivity index (χ1) is 25.4. The van der Waals surface area contributed by atoms with E-state index in [9.17, 15) is 14.4 Å². The fourth-order valence-corrected chi connectivity index (χ4v) is 6.77. The Bertz CT molecular complexity index is 783. The molecular weight excluding hydrogens is 649 g/mol. The first-order valence-electron chi connectivity index (χ1n) is 22.9. The Kier molecular flexibility index (Phi) is 39.4. The van der Waals surface area contributed by atoms with Gasteiger partial charge in [0.25, 0.3) is 0 Å². The van der Waals surface area contributed by atoms with Crippen LogP contribution in [0, 0.1) is 5.92 Å². The number of esters is 3. The van der Waals surface area contributed by atoms with Crippen molar-refractivity contribution >= 4 is 17.9 Å². The molecule has 0 aromatic rings. The highest BCUT2D eigenvalue weighted by atomic mass is 16.6. The SMILES string of the molecule is CCCCCCCCCCCCCC(=O)OC[C@H](COC(=O)CCCCCCCCCCCCCCCCC(C)CC)OC(=O)CCCCCCC. The second-order valence-electron chi connectivity index (χ2n) is 15.9. The van der Waals surface area contributed by atoms with Crippen LogP contribution in [0.2, 0.25) is 0 Å². The van der Waals surface area contributed by atoms with Crippen LogP contribution in [0.1, 0.15) is 252 Å². The quantitative estimate of drug-likeness (QED) is 0.0353. The molecule has 0 fully saturated rings. The molecule has 0 heterocycles. The summed E-state index contributed by atoms with van der Waals surface area (Å²) in [7, 11) is 0. The summed E-state index contributed by atoms with van der Waals surface area (Å²) in [6.07, 6.45) is 39.7. The van der Waals surface area contributed by atoms with Gasteiger partial charge in [0, 0.05) is 19.3 Å². The van der Waals surface area contributed by atoms with Crippen molar-refractivity contribution in [3.05, 3.63) is 0 Å². The molecule has 1 unspecified atom stereocenters. The van der Waals surface area contributed by atoms with Crippen molar-refractivity contribution in [1.29, 1.82) is 0 Å². The fourth-order valence-electron chi connectivity index (χ4n) is 6.77. The molecule has 0 spiro atoms. The molecule has 0 aromatic carbocycles.